The SMILES string of the molecule is CC(C#C[Si](C)(C)C(C)(C)C)CN1C(=O)c2ccccc2C1=O. The van der Waals surface area contributed by atoms with E-state index < -0.39 is 8.07 Å². The number of benzene rings is 1. The van der Waals surface area contributed by atoms with Crippen molar-refractivity contribution in [2.24, 2.45) is 5.92 Å². The van der Waals surface area contributed by atoms with Crippen LogP contribution in [0.3, 0.4) is 0 Å². The van der Waals surface area contributed by atoms with E-state index in [1.54, 1.807) is 24.3 Å². The van der Waals surface area contributed by atoms with E-state index in [9.17, 15) is 9.59 Å². The first kappa shape index (κ1) is 17.5. The van der Waals surface area contributed by atoms with Crippen LogP contribution >= 0.6 is 0 Å². The maximum Gasteiger partial charge on any atom is 0.261 e. The second-order valence-corrected chi connectivity index (χ2v) is 12.8. The van der Waals surface area contributed by atoms with Crippen LogP contribution in [0.25, 0.3) is 0 Å². The van der Waals surface area contributed by atoms with Crippen molar-refractivity contribution in [2.75, 3.05) is 6.54 Å². The number of hydrogen-bond donors (Lipinski definition) is 0. The van der Waals surface area contributed by atoms with Crippen LogP contribution < -0.4 is 0 Å². The van der Waals surface area contributed by atoms with Crippen molar-refractivity contribution in [3.63, 3.8) is 0 Å². The average molecular weight is 328 g/mol. The minimum atomic E-state index is -1.67. The van der Waals surface area contributed by atoms with Crippen LogP contribution in [0.15, 0.2) is 24.3 Å². The molecule has 1 aliphatic rings. The van der Waals surface area contributed by atoms with Crippen molar-refractivity contribution in [1.29, 1.82) is 0 Å². The quantitative estimate of drug-likeness (QED) is 0.468. The van der Waals surface area contributed by atoms with E-state index in [4.69, 9.17) is 0 Å². The maximum atomic E-state index is 12.4. The van der Waals surface area contributed by atoms with E-state index in [1.165, 1.54) is 4.90 Å². The molecule has 3 nitrogen and oxygen atoms in total. The first-order chi connectivity index (χ1) is 10.5. The van der Waals surface area contributed by atoms with Crippen LogP contribution in [0.2, 0.25) is 18.1 Å². The zero-order valence-electron chi connectivity index (χ0n) is 14.9. The summed E-state index contributed by atoms with van der Waals surface area (Å²) in [5, 5.41) is 0.204. The first-order valence-electron chi connectivity index (χ1n) is 8.02. The molecule has 4 heteroatoms. The second kappa shape index (κ2) is 5.97. The van der Waals surface area contributed by atoms with Crippen LogP contribution in [0.4, 0.5) is 0 Å². The Bertz CT molecular complexity index is 669. The summed E-state index contributed by atoms with van der Waals surface area (Å²) in [7, 11) is -1.67. The van der Waals surface area contributed by atoms with Gasteiger partial charge in [0.05, 0.1) is 11.1 Å². The fourth-order valence-corrected chi connectivity index (χ4v) is 3.20. The maximum absolute atomic E-state index is 12.4. The highest BCUT2D eigenvalue weighted by Gasteiger charge is 2.36. The van der Waals surface area contributed by atoms with E-state index in [-0.39, 0.29) is 22.8 Å². The Morgan fingerprint density at radius 3 is 2.00 bits per heavy atom. The van der Waals surface area contributed by atoms with Gasteiger partial charge in [-0.3, -0.25) is 14.5 Å². The molecule has 0 spiro atoms. The molecule has 122 valence electrons. The van der Waals surface area contributed by atoms with Gasteiger partial charge in [-0.15, -0.1) is 11.5 Å². The summed E-state index contributed by atoms with van der Waals surface area (Å²) in [4.78, 5) is 26.1. The highest BCUT2D eigenvalue weighted by Crippen LogP contribution is 2.35. The van der Waals surface area contributed by atoms with E-state index in [1.807, 2.05) is 6.92 Å². The van der Waals surface area contributed by atoms with Crippen LogP contribution in [0.5, 0.6) is 0 Å². The normalized spacial score (nSPS) is 16.0. The van der Waals surface area contributed by atoms with Gasteiger partial charge in [-0.25, -0.2) is 0 Å². The molecular formula is C19H25NO2Si. The van der Waals surface area contributed by atoms with Crippen molar-refractivity contribution < 1.29 is 9.59 Å². The minimum absolute atomic E-state index is 0.0219. The molecular weight excluding hydrogens is 302 g/mol. The Labute approximate surface area is 140 Å². The molecule has 0 N–H and O–H groups in total. The molecule has 1 aromatic rings. The van der Waals surface area contributed by atoms with Gasteiger partial charge >= 0.3 is 0 Å². The first-order valence-corrected chi connectivity index (χ1v) is 11.0. The van der Waals surface area contributed by atoms with Gasteiger partial charge in [-0.1, -0.05) is 46.0 Å². The predicted octanol–water partition coefficient (Wildman–Crippen LogP) is 3.97. The molecule has 0 radical (unpaired) electrons. The van der Waals surface area contributed by atoms with Gasteiger partial charge in [-0.05, 0) is 24.1 Å². The molecule has 1 aliphatic heterocycles. The summed E-state index contributed by atoms with van der Waals surface area (Å²) in [5.41, 5.74) is 4.47. The van der Waals surface area contributed by atoms with E-state index in [0.29, 0.717) is 17.7 Å². The van der Waals surface area contributed by atoms with Crippen LogP contribution in [0.1, 0.15) is 48.4 Å². The summed E-state index contributed by atoms with van der Waals surface area (Å²) in [6.45, 7) is 13.5. The largest absolute Gasteiger partial charge is 0.273 e. The highest BCUT2D eigenvalue weighted by molar-refractivity contribution is 6.87. The fourth-order valence-electron chi connectivity index (χ4n) is 2.22. The molecule has 2 amide bonds. The average Bonchev–Trinajstić information content (AvgIpc) is 2.70. The summed E-state index contributed by atoms with van der Waals surface area (Å²) in [6, 6.07) is 6.99. The molecule has 0 aliphatic carbocycles. The number of carbonyl (C=O) groups excluding carboxylic acids is 2. The number of amides is 2. The number of hydrogen-bond acceptors (Lipinski definition) is 2. The van der Waals surface area contributed by atoms with Crippen molar-refractivity contribution in [3.05, 3.63) is 35.4 Å². The second-order valence-electron chi connectivity index (χ2n) is 7.81. The molecule has 1 heterocycles. The Morgan fingerprint density at radius 1 is 1.09 bits per heavy atom. The smallest absolute Gasteiger partial charge is 0.261 e. The summed E-state index contributed by atoms with van der Waals surface area (Å²) in [5.74, 6) is 2.86. The molecule has 1 unspecified atom stereocenters. The molecule has 23 heavy (non-hydrogen) atoms. The third kappa shape index (κ3) is 3.40. The number of imide groups is 1. The lowest BCUT2D eigenvalue weighted by Crippen LogP contribution is -2.36. The number of fused-ring (bicyclic) bond motifs is 1. The van der Waals surface area contributed by atoms with Crippen molar-refractivity contribution in [2.45, 2.75) is 45.8 Å². The minimum Gasteiger partial charge on any atom is -0.273 e. The molecule has 1 aromatic carbocycles. The van der Waals surface area contributed by atoms with Crippen molar-refractivity contribution in [1.82, 2.24) is 4.90 Å². The predicted molar refractivity (Wildman–Crippen MR) is 95.9 cm³/mol. The van der Waals surface area contributed by atoms with Crippen molar-refractivity contribution >= 4 is 19.9 Å². The molecule has 0 saturated heterocycles. The Kier molecular flexibility index (Phi) is 4.54. The third-order valence-electron chi connectivity index (χ3n) is 4.84. The van der Waals surface area contributed by atoms with Gasteiger partial charge in [0.2, 0.25) is 0 Å². The summed E-state index contributed by atoms with van der Waals surface area (Å²) in [6.07, 6.45) is 0. The van der Waals surface area contributed by atoms with Gasteiger partial charge in [0.25, 0.3) is 11.8 Å². The number of carbonyl (C=O) groups is 2. The topological polar surface area (TPSA) is 37.4 Å². The Balaban J connectivity index is 2.13. The molecule has 1 atom stereocenters. The van der Waals surface area contributed by atoms with Gasteiger partial charge in [-0.2, -0.15) is 0 Å². The van der Waals surface area contributed by atoms with Gasteiger partial charge in [0, 0.05) is 12.5 Å². The molecule has 0 fully saturated rings. The van der Waals surface area contributed by atoms with Gasteiger partial charge in [0.1, 0.15) is 8.07 Å². The van der Waals surface area contributed by atoms with E-state index >= 15 is 0 Å². The zero-order valence-corrected chi connectivity index (χ0v) is 15.9. The Morgan fingerprint density at radius 2 is 1.57 bits per heavy atom. The van der Waals surface area contributed by atoms with Gasteiger partial charge in [0.15, 0.2) is 0 Å². The molecule has 0 saturated carbocycles. The number of rotatable bonds is 2. The lowest BCUT2D eigenvalue weighted by molar-refractivity contribution is 0.0643. The third-order valence-corrected chi connectivity index (χ3v) is 9.36. The van der Waals surface area contributed by atoms with Gasteiger partial charge < -0.3 is 0 Å². The summed E-state index contributed by atoms with van der Waals surface area (Å²) < 4.78 is 0. The van der Waals surface area contributed by atoms with Crippen LogP contribution in [-0.4, -0.2) is 31.3 Å². The molecule has 0 bridgehead atoms. The molecule has 0 aromatic heterocycles. The van der Waals surface area contributed by atoms with E-state index in [2.05, 4.69) is 45.3 Å². The van der Waals surface area contributed by atoms with E-state index in [0.717, 1.165) is 0 Å². The standard InChI is InChI=1S/C19H25NO2Si/c1-14(11-12-23(5,6)19(2,3)4)13-20-17(21)15-9-7-8-10-16(15)18(20)22/h7-10,14H,13H2,1-6H3. The lowest BCUT2D eigenvalue weighted by atomic mass is 10.1. The Hall–Kier alpha value is -1.86. The van der Waals surface area contributed by atoms with Crippen LogP contribution in [0, 0.1) is 17.4 Å². The monoisotopic (exact) mass is 327 g/mol. The lowest BCUT2D eigenvalue weighted by Gasteiger charge is -2.31. The van der Waals surface area contributed by atoms with Crippen LogP contribution in [-0.2, 0) is 0 Å². The van der Waals surface area contributed by atoms with Crippen molar-refractivity contribution in [3.8, 4) is 11.5 Å². The molecule has 2 rings (SSSR count). The highest BCUT2D eigenvalue weighted by atomic mass is 28.3. The zero-order chi connectivity index (χ0) is 17.4. The summed E-state index contributed by atoms with van der Waals surface area (Å²) >= 11 is 0. The number of nitrogens with zero attached hydrogens (tertiary/aromatic N) is 1. The fraction of sp³-hybridized carbons (Fsp3) is 0.474.